The summed E-state index contributed by atoms with van der Waals surface area (Å²) in [6.07, 6.45) is 2.75. The van der Waals surface area contributed by atoms with E-state index in [2.05, 4.69) is 0 Å². The third-order valence-corrected chi connectivity index (χ3v) is 1.80. The fraction of sp³-hybridized carbons (Fsp3) is 0.333. The maximum Gasteiger partial charge on any atom is 0.244 e. The Labute approximate surface area is 81.5 Å². The van der Waals surface area contributed by atoms with E-state index >= 15 is 0 Å². The number of hydrazine groups is 1. The Morgan fingerprint density at radius 1 is 1.43 bits per heavy atom. The lowest BCUT2D eigenvalue weighted by Crippen LogP contribution is -2.36. The smallest absolute Gasteiger partial charge is 0.244 e. The molecule has 0 atom stereocenters. The summed E-state index contributed by atoms with van der Waals surface area (Å²) in [7, 11) is 0. The minimum Gasteiger partial charge on any atom is -0.504 e. The summed E-state index contributed by atoms with van der Waals surface area (Å²) in [6.45, 7) is 2.35. The number of aliphatic hydroxyl groups is 1. The molecule has 0 aromatic rings. The van der Waals surface area contributed by atoms with Crippen molar-refractivity contribution in [2.45, 2.75) is 13.3 Å². The summed E-state index contributed by atoms with van der Waals surface area (Å²) in [4.78, 5) is 22.3. The van der Waals surface area contributed by atoms with Gasteiger partial charge in [-0.3, -0.25) is 9.59 Å². The number of allylic oxidation sites excluding steroid dienone is 2. The second-order valence-electron chi connectivity index (χ2n) is 2.98. The van der Waals surface area contributed by atoms with Gasteiger partial charge in [-0.1, -0.05) is 6.92 Å². The molecule has 5 nitrogen and oxygen atoms in total. The summed E-state index contributed by atoms with van der Waals surface area (Å²) in [5.74, 6) is 3.93. The molecular weight excluding hydrogens is 184 g/mol. The van der Waals surface area contributed by atoms with Crippen LogP contribution in [0.4, 0.5) is 0 Å². The predicted molar refractivity (Wildman–Crippen MR) is 50.0 cm³/mol. The van der Waals surface area contributed by atoms with Gasteiger partial charge in [0.1, 0.15) is 5.70 Å². The van der Waals surface area contributed by atoms with Crippen LogP contribution in [0.1, 0.15) is 13.3 Å². The first kappa shape index (κ1) is 10.5. The van der Waals surface area contributed by atoms with E-state index in [4.69, 9.17) is 10.9 Å². The number of rotatable bonds is 3. The second-order valence-corrected chi connectivity index (χ2v) is 2.98. The Morgan fingerprint density at radius 3 is 2.64 bits per heavy atom. The number of Topliss-reactive ketones (excluding diaryl/α,β-unsaturated/α-hetero) is 1. The minimum atomic E-state index is -0.611. The molecule has 76 valence electrons. The van der Waals surface area contributed by atoms with Gasteiger partial charge in [-0.2, -0.15) is 0 Å². The number of aliphatic hydroxyl groups excluding tert-OH is 1. The lowest BCUT2D eigenvalue weighted by atomic mass is 10.1. The molecule has 1 aliphatic carbocycles. The average molecular weight is 196 g/mol. The molecule has 1 aliphatic rings. The highest BCUT2D eigenvalue weighted by Crippen LogP contribution is 2.12. The van der Waals surface area contributed by atoms with Crippen LogP contribution in [0.25, 0.3) is 0 Å². The Bertz CT molecular complexity index is 331. The zero-order valence-corrected chi connectivity index (χ0v) is 7.86. The van der Waals surface area contributed by atoms with Gasteiger partial charge in [-0.15, -0.1) is 0 Å². The van der Waals surface area contributed by atoms with Gasteiger partial charge in [0.15, 0.2) is 11.5 Å². The van der Waals surface area contributed by atoms with Crippen molar-refractivity contribution in [1.82, 2.24) is 5.01 Å². The van der Waals surface area contributed by atoms with Crippen LogP contribution >= 0.6 is 0 Å². The fourth-order valence-corrected chi connectivity index (χ4v) is 1.15. The van der Waals surface area contributed by atoms with Gasteiger partial charge < -0.3 is 10.1 Å². The molecule has 0 fully saturated rings. The van der Waals surface area contributed by atoms with Gasteiger partial charge >= 0.3 is 0 Å². The van der Waals surface area contributed by atoms with Crippen LogP contribution < -0.4 is 5.84 Å². The number of nitrogens with two attached hydrogens (primary N) is 1. The highest BCUT2D eigenvalue weighted by atomic mass is 16.3. The van der Waals surface area contributed by atoms with Crippen molar-refractivity contribution in [3.63, 3.8) is 0 Å². The van der Waals surface area contributed by atoms with Crippen LogP contribution in [0.15, 0.2) is 23.6 Å². The minimum absolute atomic E-state index is 0.0388. The molecule has 0 unspecified atom stereocenters. The van der Waals surface area contributed by atoms with E-state index in [0.717, 1.165) is 18.6 Å². The monoisotopic (exact) mass is 196 g/mol. The number of ketones is 2. The molecule has 0 saturated heterocycles. The van der Waals surface area contributed by atoms with E-state index in [-0.39, 0.29) is 5.70 Å². The molecule has 0 aromatic carbocycles. The molecule has 0 aliphatic heterocycles. The normalized spacial score (nSPS) is 16.4. The molecule has 0 aromatic heterocycles. The molecular formula is C9H12N2O3. The molecule has 0 bridgehead atoms. The molecule has 0 spiro atoms. The number of hydrogen-bond acceptors (Lipinski definition) is 5. The highest BCUT2D eigenvalue weighted by Gasteiger charge is 2.23. The number of carbonyl (C=O) groups is 2. The van der Waals surface area contributed by atoms with E-state index in [9.17, 15) is 9.59 Å². The van der Waals surface area contributed by atoms with Crippen LogP contribution in [0.3, 0.4) is 0 Å². The van der Waals surface area contributed by atoms with Gasteiger partial charge in [0.05, 0.1) is 0 Å². The quantitative estimate of drug-likeness (QED) is 0.378. The van der Waals surface area contributed by atoms with Crippen molar-refractivity contribution in [3.8, 4) is 0 Å². The Morgan fingerprint density at radius 2 is 2.07 bits per heavy atom. The first-order valence-corrected chi connectivity index (χ1v) is 4.29. The topological polar surface area (TPSA) is 83.6 Å². The summed E-state index contributed by atoms with van der Waals surface area (Å²) in [5, 5.41) is 10.3. The van der Waals surface area contributed by atoms with Crippen LogP contribution in [0, 0.1) is 0 Å². The summed E-state index contributed by atoms with van der Waals surface area (Å²) >= 11 is 0. The summed E-state index contributed by atoms with van der Waals surface area (Å²) in [6, 6.07) is 0. The van der Waals surface area contributed by atoms with Gasteiger partial charge in [-0.25, -0.2) is 5.84 Å². The first-order valence-electron chi connectivity index (χ1n) is 4.29. The molecule has 0 saturated carbocycles. The Kier molecular flexibility index (Phi) is 3.03. The highest BCUT2D eigenvalue weighted by molar-refractivity contribution is 6.18. The second kappa shape index (κ2) is 4.06. The van der Waals surface area contributed by atoms with Crippen LogP contribution in [0.2, 0.25) is 0 Å². The van der Waals surface area contributed by atoms with Gasteiger partial charge in [0.25, 0.3) is 0 Å². The molecule has 0 heterocycles. The van der Waals surface area contributed by atoms with E-state index in [1.54, 1.807) is 0 Å². The lowest BCUT2D eigenvalue weighted by Gasteiger charge is -2.21. The van der Waals surface area contributed by atoms with Crippen molar-refractivity contribution < 1.29 is 14.7 Å². The molecule has 14 heavy (non-hydrogen) atoms. The lowest BCUT2D eigenvalue weighted by molar-refractivity contribution is -0.118. The Hall–Kier alpha value is -1.62. The van der Waals surface area contributed by atoms with E-state index < -0.39 is 17.3 Å². The third-order valence-electron chi connectivity index (χ3n) is 1.80. The molecule has 3 N–H and O–H groups in total. The SMILES string of the molecule is CCCN(N)C1=CC(=O)C=C(O)C1=O. The van der Waals surface area contributed by atoms with Crippen molar-refractivity contribution in [2.75, 3.05) is 6.54 Å². The summed E-state index contributed by atoms with van der Waals surface area (Å²) in [5.41, 5.74) is 0.0388. The first-order chi connectivity index (χ1) is 6.56. The number of carbonyl (C=O) groups excluding carboxylic acids is 2. The van der Waals surface area contributed by atoms with Crippen molar-refractivity contribution in [3.05, 3.63) is 23.6 Å². The molecule has 5 heteroatoms. The van der Waals surface area contributed by atoms with Gasteiger partial charge in [0, 0.05) is 18.7 Å². The maximum atomic E-state index is 11.3. The summed E-state index contributed by atoms with van der Waals surface area (Å²) < 4.78 is 0. The van der Waals surface area contributed by atoms with Gasteiger partial charge in [0.2, 0.25) is 5.78 Å². The van der Waals surface area contributed by atoms with Crippen molar-refractivity contribution in [1.29, 1.82) is 0 Å². The molecule has 1 rings (SSSR count). The van der Waals surface area contributed by atoms with Crippen LogP contribution in [0.5, 0.6) is 0 Å². The zero-order chi connectivity index (χ0) is 10.7. The third kappa shape index (κ3) is 2.00. The predicted octanol–water partition coefficient (Wildman–Crippen LogP) is 0.0497. The van der Waals surface area contributed by atoms with E-state index in [1.165, 1.54) is 5.01 Å². The molecule has 0 amide bonds. The Balaban J connectivity index is 2.88. The maximum absolute atomic E-state index is 11.3. The number of nitrogens with zero attached hydrogens (tertiary/aromatic N) is 1. The van der Waals surface area contributed by atoms with Gasteiger partial charge in [-0.05, 0) is 6.42 Å². The van der Waals surface area contributed by atoms with Crippen LogP contribution in [-0.4, -0.2) is 28.2 Å². The average Bonchev–Trinajstić information content (AvgIpc) is 2.11. The van der Waals surface area contributed by atoms with Crippen molar-refractivity contribution in [2.24, 2.45) is 5.84 Å². The van der Waals surface area contributed by atoms with E-state index in [1.807, 2.05) is 6.92 Å². The fourth-order valence-electron chi connectivity index (χ4n) is 1.15. The zero-order valence-electron chi connectivity index (χ0n) is 7.86. The molecule has 0 radical (unpaired) electrons. The largest absolute Gasteiger partial charge is 0.504 e. The van der Waals surface area contributed by atoms with Crippen molar-refractivity contribution >= 4 is 11.6 Å². The van der Waals surface area contributed by atoms with E-state index in [0.29, 0.717) is 6.54 Å². The number of hydrogen-bond donors (Lipinski definition) is 2. The standard InChI is InChI=1S/C9H12N2O3/c1-2-3-11(10)7-4-6(12)5-8(13)9(7)14/h4-5,13H,2-3,10H2,1H3. The van der Waals surface area contributed by atoms with Crippen LogP contribution in [-0.2, 0) is 9.59 Å².